The van der Waals surface area contributed by atoms with Crippen molar-refractivity contribution < 1.29 is 14.7 Å². The van der Waals surface area contributed by atoms with Gasteiger partial charge in [-0.15, -0.1) is 0 Å². The van der Waals surface area contributed by atoms with Gasteiger partial charge in [0.15, 0.2) is 6.04 Å². The van der Waals surface area contributed by atoms with Crippen LogP contribution in [0.5, 0.6) is 0 Å². The summed E-state index contributed by atoms with van der Waals surface area (Å²) >= 11 is 0. The Morgan fingerprint density at radius 3 is 2.37 bits per heavy atom. The number of rotatable bonds is 6. The van der Waals surface area contributed by atoms with E-state index < -0.39 is 24.0 Å². The Balaban J connectivity index is 2.81. The molecule has 4 N–H and O–H groups in total. The predicted molar refractivity (Wildman–Crippen MR) is 72.4 cm³/mol. The molecule has 0 bridgehead atoms. The van der Waals surface area contributed by atoms with Crippen molar-refractivity contribution in [1.29, 1.82) is 0 Å². The van der Waals surface area contributed by atoms with Gasteiger partial charge in [-0.05, 0) is 11.5 Å². The van der Waals surface area contributed by atoms with Gasteiger partial charge in [0.25, 0.3) is 0 Å². The second-order valence-electron chi connectivity index (χ2n) is 4.60. The van der Waals surface area contributed by atoms with Crippen LogP contribution in [0.4, 0.5) is 0 Å². The van der Waals surface area contributed by atoms with E-state index in [-0.39, 0.29) is 5.92 Å². The van der Waals surface area contributed by atoms with E-state index >= 15 is 0 Å². The van der Waals surface area contributed by atoms with E-state index in [4.69, 9.17) is 5.73 Å². The van der Waals surface area contributed by atoms with E-state index in [1.165, 1.54) is 0 Å². The molecule has 0 aliphatic carbocycles. The Morgan fingerprint density at radius 2 is 1.89 bits per heavy atom. The molecule has 5 heteroatoms. The molecule has 0 saturated heterocycles. The van der Waals surface area contributed by atoms with Gasteiger partial charge < -0.3 is 16.2 Å². The number of hydrogen-bond acceptors (Lipinski definition) is 3. The normalized spacial score (nSPS) is 15.3. The van der Waals surface area contributed by atoms with E-state index in [1.54, 1.807) is 30.3 Å². The van der Waals surface area contributed by atoms with Crippen molar-refractivity contribution >= 4 is 11.9 Å². The Bertz CT molecular complexity index is 434. The standard InChI is InChI=1S/C14H20N2O3/c1-3-9(2)11(15)13(17)16-12(14(18)19)10-7-5-4-6-8-10/h4-9,11-12H,3,15H2,1-2H3,(H,16,17)(H,18,19)/t9-,11-,12-/m0/s1. The summed E-state index contributed by atoms with van der Waals surface area (Å²) in [5.41, 5.74) is 6.32. The first-order valence-corrected chi connectivity index (χ1v) is 6.31. The summed E-state index contributed by atoms with van der Waals surface area (Å²) in [5.74, 6) is -1.54. The number of amides is 1. The zero-order valence-electron chi connectivity index (χ0n) is 11.2. The zero-order chi connectivity index (χ0) is 14.4. The van der Waals surface area contributed by atoms with Crippen LogP contribution in [0.25, 0.3) is 0 Å². The average molecular weight is 264 g/mol. The molecule has 19 heavy (non-hydrogen) atoms. The Labute approximate surface area is 112 Å². The molecular formula is C14H20N2O3. The number of aliphatic carboxylic acids is 1. The van der Waals surface area contributed by atoms with Crippen LogP contribution in [-0.2, 0) is 9.59 Å². The van der Waals surface area contributed by atoms with Crippen LogP contribution in [-0.4, -0.2) is 23.0 Å². The topological polar surface area (TPSA) is 92.4 Å². The van der Waals surface area contributed by atoms with Crippen molar-refractivity contribution in [2.75, 3.05) is 0 Å². The van der Waals surface area contributed by atoms with Gasteiger partial charge in [0.05, 0.1) is 6.04 Å². The van der Waals surface area contributed by atoms with Gasteiger partial charge in [-0.25, -0.2) is 4.79 Å². The summed E-state index contributed by atoms with van der Waals surface area (Å²) in [7, 11) is 0. The molecular weight excluding hydrogens is 244 g/mol. The number of hydrogen-bond donors (Lipinski definition) is 3. The third-order valence-corrected chi connectivity index (χ3v) is 3.23. The molecule has 0 aliphatic heterocycles. The highest BCUT2D eigenvalue weighted by Crippen LogP contribution is 2.14. The van der Waals surface area contributed by atoms with Crippen LogP contribution < -0.4 is 11.1 Å². The second-order valence-corrected chi connectivity index (χ2v) is 4.60. The SMILES string of the molecule is CC[C@H](C)[C@H](N)C(=O)N[C@H](C(=O)O)c1ccccc1. The van der Waals surface area contributed by atoms with Gasteiger partial charge >= 0.3 is 5.97 Å². The molecule has 0 radical (unpaired) electrons. The lowest BCUT2D eigenvalue weighted by molar-refractivity contribution is -0.142. The number of carbonyl (C=O) groups is 2. The Morgan fingerprint density at radius 1 is 1.32 bits per heavy atom. The first-order valence-electron chi connectivity index (χ1n) is 6.31. The first kappa shape index (κ1) is 15.2. The summed E-state index contributed by atoms with van der Waals surface area (Å²) in [6, 6.07) is 6.80. The highest BCUT2D eigenvalue weighted by Gasteiger charge is 2.26. The summed E-state index contributed by atoms with van der Waals surface area (Å²) in [5, 5.41) is 11.7. The third kappa shape index (κ3) is 4.06. The molecule has 0 fully saturated rings. The minimum Gasteiger partial charge on any atom is -0.479 e. The van der Waals surface area contributed by atoms with Crippen molar-refractivity contribution in [2.24, 2.45) is 11.7 Å². The lowest BCUT2D eigenvalue weighted by atomic mass is 9.98. The summed E-state index contributed by atoms with van der Waals surface area (Å²) in [6.45, 7) is 3.80. The smallest absolute Gasteiger partial charge is 0.330 e. The molecule has 1 amide bonds. The fraction of sp³-hybridized carbons (Fsp3) is 0.429. The second kappa shape index (κ2) is 6.89. The first-order chi connectivity index (χ1) is 8.97. The van der Waals surface area contributed by atoms with Crippen molar-refractivity contribution in [1.82, 2.24) is 5.32 Å². The minimum atomic E-state index is -1.10. The van der Waals surface area contributed by atoms with Crippen molar-refractivity contribution in [3.63, 3.8) is 0 Å². The molecule has 1 aromatic rings. The van der Waals surface area contributed by atoms with Crippen LogP contribution in [0.2, 0.25) is 0 Å². The number of nitrogens with one attached hydrogen (secondary N) is 1. The molecule has 0 aliphatic rings. The number of nitrogens with two attached hydrogens (primary N) is 1. The van der Waals surface area contributed by atoms with E-state index in [0.29, 0.717) is 5.56 Å². The van der Waals surface area contributed by atoms with E-state index in [0.717, 1.165) is 6.42 Å². The maximum absolute atomic E-state index is 11.9. The summed E-state index contributed by atoms with van der Waals surface area (Å²) in [6.07, 6.45) is 0.762. The van der Waals surface area contributed by atoms with Crippen LogP contribution in [0.3, 0.4) is 0 Å². The molecule has 1 rings (SSSR count). The third-order valence-electron chi connectivity index (χ3n) is 3.23. The van der Waals surface area contributed by atoms with Gasteiger partial charge in [-0.3, -0.25) is 4.79 Å². The van der Waals surface area contributed by atoms with E-state index in [1.807, 2.05) is 13.8 Å². The predicted octanol–water partition coefficient (Wildman–Crippen LogP) is 1.30. The van der Waals surface area contributed by atoms with Gasteiger partial charge in [0.2, 0.25) is 5.91 Å². The molecule has 0 heterocycles. The fourth-order valence-corrected chi connectivity index (χ4v) is 1.68. The van der Waals surface area contributed by atoms with Crippen molar-refractivity contribution in [3.8, 4) is 0 Å². The van der Waals surface area contributed by atoms with Gasteiger partial charge in [0, 0.05) is 0 Å². The fourth-order valence-electron chi connectivity index (χ4n) is 1.68. The van der Waals surface area contributed by atoms with E-state index in [2.05, 4.69) is 5.32 Å². The molecule has 0 aromatic heterocycles. The monoisotopic (exact) mass is 264 g/mol. The number of carboxylic acid groups (broad SMARTS) is 1. The zero-order valence-corrected chi connectivity index (χ0v) is 11.2. The Kier molecular flexibility index (Phi) is 5.51. The van der Waals surface area contributed by atoms with Gasteiger partial charge in [-0.2, -0.15) is 0 Å². The molecule has 3 atom stereocenters. The lowest BCUT2D eigenvalue weighted by Gasteiger charge is -2.21. The largest absolute Gasteiger partial charge is 0.479 e. The quantitative estimate of drug-likeness (QED) is 0.722. The lowest BCUT2D eigenvalue weighted by Crippen LogP contribution is -2.47. The van der Waals surface area contributed by atoms with Crippen LogP contribution in [0, 0.1) is 5.92 Å². The molecule has 5 nitrogen and oxygen atoms in total. The number of carboxylic acids is 1. The maximum Gasteiger partial charge on any atom is 0.330 e. The highest BCUT2D eigenvalue weighted by atomic mass is 16.4. The Hall–Kier alpha value is -1.88. The minimum absolute atomic E-state index is 0.00483. The van der Waals surface area contributed by atoms with Crippen LogP contribution >= 0.6 is 0 Å². The number of benzene rings is 1. The van der Waals surface area contributed by atoms with Crippen LogP contribution in [0.1, 0.15) is 31.9 Å². The highest BCUT2D eigenvalue weighted by molar-refractivity contribution is 5.87. The number of carbonyl (C=O) groups excluding carboxylic acids is 1. The molecule has 0 spiro atoms. The van der Waals surface area contributed by atoms with Crippen molar-refractivity contribution in [3.05, 3.63) is 35.9 Å². The molecule has 0 unspecified atom stereocenters. The van der Waals surface area contributed by atoms with Crippen LogP contribution in [0.15, 0.2) is 30.3 Å². The molecule has 0 saturated carbocycles. The average Bonchev–Trinajstić information content (AvgIpc) is 2.43. The summed E-state index contributed by atoms with van der Waals surface area (Å²) < 4.78 is 0. The molecule has 104 valence electrons. The van der Waals surface area contributed by atoms with Gasteiger partial charge in [-0.1, -0.05) is 50.6 Å². The molecule has 1 aromatic carbocycles. The maximum atomic E-state index is 11.9. The summed E-state index contributed by atoms with van der Waals surface area (Å²) in [4.78, 5) is 23.2. The van der Waals surface area contributed by atoms with Crippen molar-refractivity contribution in [2.45, 2.75) is 32.4 Å². The van der Waals surface area contributed by atoms with E-state index in [9.17, 15) is 14.7 Å². The van der Waals surface area contributed by atoms with Gasteiger partial charge in [0.1, 0.15) is 0 Å².